The molecule has 0 aliphatic carbocycles. The first kappa shape index (κ1) is 12.8. The fourth-order valence-electron chi connectivity index (χ4n) is 1.32. The predicted molar refractivity (Wildman–Crippen MR) is 58.6 cm³/mol. The minimum Gasteiger partial charge on any atom is -0.299 e. The number of sulfone groups is 1. The molecule has 1 rings (SSSR count). The second kappa shape index (κ2) is 4.33. The van der Waals surface area contributed by atoms with Crippen LogP contribution in [0.3, 0.4) is 0 Å². The van der Waals surface area contributed by atoms with Crippen LogP contribution in [0.5, 0.6) is 0 Å². The van der Waals surface area contributed by atoms with Crippen LogP contribution in [0.15, 0.2) is 23.1 Å². The van der Waals surface area contributed by atoms with E-state index in [4.69, 9.17) is 0 Å². The van der Waals surface area contributed by atoms with E-state index in [1.165, 1.54) is 19.1 Å². The Morgan fingerprint density at radius 3 is 2.31 bits per heavy atom. The summed E-state index contributed by atoms with van der Waals surface area (Å²) in [6.07, 6.45) is 0.944. The lowest BCUT2D eigenvalue weighted by Crippen LogP contribution is -2.07. The largest absolute Gasteiger partial charge is 0.299 e. The van der Waals surface area contributed by atoms with Crippen LogP contribution in [0.1, 0.15) is 25.3 Å². The second-order valence-corrected chi connectivity index (χ2v) is 5.78. The van der Waals surface area contributed by atoms with Crippen molar-refractivity contribution in [3.8, 4) is 0 Å². The van der Waals surface area contributed by atoms with E-state index < -0.39 is 21.6 Å². The Labute approximate surface area is 94.2 Å². The van der Waals surface area contributed by atoms with E-state index in [0.717, 1.165) is 12.3 Å². The van der Waals surface area contributed by atoms with E-state index in [0.29, 0.717) is 5.56 Å². The molecule has 88 valence electrons. The number of benzene rings is 1. The molecule has 0 aliphatic rings. The SMILES string of the molecule is CC(=O)C(C)c1ccc(S(C)(=O)=O)c(F)c1. The first-order valence-electron chi connectivity index (χ1n) is 4.73. The van der Waals surface area contributed by atoms with Crippen molar-refractivity contribution in [1.29, 1.82) is 0 Å². The molecular weight excluding hydrogens is 231 g/mol. The lowest BCUT2D eigenvalue weighted by Gasteiger charge is -2.09. The molecule has 1 aromatic rings. The van der Waals surface area contributed by atoms with Crippen LogP contribution in [0.25, 0.3) is 0 Å². The maximum Gasteiger partial charge on any atom is 0.178 e. The van der Waals surface area contributed by atoms with Gasteiger partial charge in [0.05, 0.1) is 0 Å². The normalized spacial score (nSPS) is 13.5. The van der Waals surface area contributed by atoms with Gasteiger partial charge in [0.2, 0.25) is 0 Å². The Morgan fingerprint density at radius 1 is 1.38 bits per heavy atom. The summed E-state index contributed by atoms with van der Waals surface area (Å²) in [6.45, 7) is 3.06. The fourth-order valence-corrected chi connectivity index (χ4v) is 2.05. The summed E-state index contributed by atoms with van der Waals surface area (Å²) in [5, 5.41) is 0. The lowest BCUT2D eigenvalue weighted by molar-refractivity contribution is -0.118. The van der Waals surface area contributed by atoms with E-state index >= 15 is 0 Å². The summed E-state index contributed by atoms with van der Waals surface area (Å²) in [5.41, 5.74) is 0.484. The molecule has 0 spiro atoms. The highest BCUT2D eigenvalue weighted by Crippen LogP contribution is 2.21. The van der Waals surface area contributed by atoms with Gasteiger partial charge in [0.25, 0.3) is 0 Å². The molecule has 0 N–H and O–H groups in total. The van der Waals surface area contributed by atoms with Crippen LogP contribution in [0, 0.1) is 5.82 Å². The summed E-state index contributed by atoms with van der Waals surface area (Å²) in [7, 11) is -3.56. The zero-order valence-electron chi connectivity index (χ0n) is 9.32. The van der Waals surface area contributed by atoms with Gasteiger partial charge in [-0.1, -0.05) is 13.0 Å². The number of hydrogen-bond donors (Lipinski definition) is 0. The Balaban J connectivity index is 3.25. The number of Topliss-reactive ketones (excluding diaryl/α,β-unsaturated/α-hetero) is 1. The molecule has 0 aliphatic heterocycles. The van der Waals surface area contributed by atoms with Crippen LogP contribution >= 0.6 is 0 Å². The van der Waals surface area contributed by atoms with Gasteiger partial charge in [-0.25, -0.2) is 12.8 Å². The van der Waals surface area contributed by atoms with Gasteiger partial charge in [-0.2, -0.15) is 0 Å². The third kappa shape index (κ3) is 2.66. The second-order valence-electron chi connectivity index (χ2n) is 3.79. The number of halogens is 1. The summed E-state index contributed by atoms with van der Waals surface area (Å²) in [4.78, 5) is 10.8. The van der Waals surface area contributed by atoms with Crippen molar-refractivity contribution >= 4 is 15.6 Å². The Bertz CT molecular complexity index is 520. The number of hydrogen-bond acceptors (Lipinski definition) is 3. The van der Waals surface area contributed by atoms with Gasteiger partial charge in [-0.05, 0) is 24.6 Å². The van der Waals surface area contributed by atoms with Crippen LogP contribution in [-0.2, 0) is 14.6 Å². The van der Waals surface area contributed by atoms with Crippen molar-refractivity contribution in [3.05, 3.63) is 29.6 Å². The minimum absolute atomic E-state index is 0.0912. The zero-order valence-corrected chi connectivity index (χ0v) is 10.1. The van der Waals surface area contributed by atoms with Gasteiger partial charge in [-0.3, -0.25) is 4.79 Å². The van der Waals surface area contributed by atoms with E-state index in [2.05, 4.69) is 0 Å². The monoisotopic (exact) mass is 244 g/mol. The third-order valence-corrected chi connectivity index (χ3v) is 3.60. The first-order chi connectivity index (χ1) is 7.23. The predicted octanol–water partition coefficient (Wildman–Crippen LogP) is 1.92. The topological polar surface area (TPSA) is 51.2 Å². The van der Waals surface area contributed by atoms with E-state index in [-0.39, 0.29) is 10.7 Å². The molecule has 0 saturated heterocycles. The molecule has 0 aromatic heterocycles. The van der Waals surface area contributed by atoms with Crippen LogP contribution < -0.4 is 0 Å². The van der Waals surface area contributed by atoms with Crippen molar-refractivity contribution in [3.63, 3.8) is 0 Å². The Hall–Kier alpha value is -1.23. The van der Waals surface area contributed by atoms with Crippen LogP contribution in [0.4, 0.5) is 4.39 Å². The quantitative estimate of drug-likeness (QED) is 0.816. The van der Waals surface area contributed by atoms with Crippen LogP contribution in [0.2, 0.25) is 0 Å². The molecule has 5 heteroatoms. The smallest absolute Gasteiger partial charge is 0.178 e. The highest BCUT2D eigenvalue weighted by molar-refractivity contribution is 7.90. The number of rotatable bonds is 3. The van der Waals surface area contributed by atoms with Gasteiger partial charge in [0.1, 0.15) is 16.5 Å². The Morgan fingerprint density at radius 2 is 1.94 bits per heavy atom. The maximum absolute atomic E-state index is 13.5. The summed E-state index contributed by atoms with van der Waals surface area (Å²) in [6, 6.07) is 3.76. The summed E-state index contributed by atoms with van der Waals surface area (Å²) in [5.74, 6) is -1.33. The van der Waals surface area contributed by atoms with Crippen molar-refractivity contribution in [2.75, 3.05) is 6.26 Å². The molecule has 0 fully saturated rings. The van der Waals surface area contributed by atoms with Gasteiger partial charge < -0.3 is 0 Å². The van der Waals surface area contributed by atoms with Crippen LogP contribution in [-0.4, -0.2) is 20.5 Å². The van der Waals surface area contributed by atoms with E-state index in [9.17, 15) is 17.6 Å². The summed E-state index contributed by atoms with van der Waals surface area (Å²) < 4.78 is 35.8. The molecular formula is C11H13FO3S. The highest BCUT2D eigenvalue weighted by Gasteiger charge is 2.17. The molecule has 0 saturated carbocycles. The highest BCUT2D eigenvalue weighted by atomic mass is 32.2. The van der Waals surface area contributed by atoms with Crippen molar-refractivity contribution < 1.29 is 17.6 Å². The summed E-state index contributed by atoms with van der Waals surface area (Å²) >= 11 is 0. The molecule has 1 aromatic carbocycles. The molecule has 1 atom stereocenters. The van der Waals surface area contributed by atoms with Gasteiger partial charge in [0, 0.05) is 12.2 Å². The van der Waals surface area contributed by atoms with Crippen molar-refractivity contribution in [2.24, 2.45) is 0 Å². The molecule has 1 unspecified atom stereocenters. The maximum atomic E-state index is 13.5. The first-order valence-corrected chi connectivity index (χ1v) is 6.62. The van der Waals surface area contributed by atoms with Gasteiger partial charge in [0.15, 0.2) is 9.84 Å². The number of carbonyl (C=O) groups is 1. The average Bonchev–Trinajstić information content (AvgIpc) is 2.14. The Kier molecular flexibility index (Phi) is 3.48. The number of ketones is 1. The molecule has 0 bridgehead atoms. The average molecular weight is 244 g/mol. The van der Waals surface area contributed by atoms with Crippen molar-refractivity contribution in [1.82, 2.24) is 0 Å². The number of carbonyl (C=O) groups excluding carboxylic acids is 1. The van der Waals surface area contributed by atoms with Gasteiger partial charge in [-0.15, -0.1) is 0 Å². The molecule has 0 radical (unpaired) electrons. The molecule has 3 nitrogen and oxygen atoms in total. The third-order valence-electron chi connectivity index (χ3n) is 2.47. The van der Waals surface area contributed by atoms with E-state index in [1.807, 2.05) is 0 Å². The zero-order chi connectivity index (χ0) is 12.5. The van der Waals surface area contributed by atoms with Gasteiger partial charge >= 0.3 is 0 Å². The van der Waals surface area contributed by atoms with E-state index in [1.54, 1.807) is 6.92 Å². The molecule has 0 amide bonds. The fraction of sp³-hybridized carbons (Fsp3) is 0.364. The molecule has 16 heavy (non-hydrogen) atoms. The van der Waals surface area contributed by atoms with Crippen molar-refractivity contribution in [2.45, 2.75) is 24.7 Å². The molecule has 0 heterocycles. The lowest BCUT2D eigenvalue weighted by atomic mass is 9.98. The minimum atomic E-state index is -3.56. The standard InChI is InChI=1S/C11H13FO3S/c1-7(8(2)13)9-4-5-11(10(12)6-9)16(3,14)15/h4-7H,1-3H3.